The molecule has 2 heterocycles. The number of hydrogen-bond acceptors (Lipinski definition) is 3. The second-order valence-electron chi connectivity index (χ2n) is 5.46. The molecular formula is C12H18BrN5. The molecule has 6 heteroatoms. The molecule has 0 atom stereocenters. The van der Waals surface area contributed by atoms with Crippen molar-refractivity contribution >= 4 is 21.7 Å². The van der Waals surface area contributed by atoms with Gasteiger partial charge in [-0.2, -0.15) is 10.2 Å². The van der Waals surface area contributed by atoms with Crippen molar-refractivity contribution < 1.29 is 0 Å². The predicted octanol–water partition coefficient (Wildman–Crippen LogP) is 2.31. The normalized spacial score (nSPS) is 12.1. The van der Waals surface area contributed by atoms with Crippen molar-refractivity contribution in [1.82, 2.24) is 19.6 Å². The maximum atomic E-state index is 5.94. The van der Waals surface area contributed by atoms with Gasteiger partial charge in [-0.05, 0) is 15.9 Å². The molecule has 98 valence electrons. The highest BCUT2D eigenvalue weighted by Crippen LogP contribution is 2.26. The number of nitrogens with two attached hydrogens (primary N) is 1. The van der Waals surface area contributed by atoms with Gasteiger partial charge in [0.25, 0.3) is 0 Å². The number of anilines is 1. The second kappa shape index (κ2) is 4.42. The number of aromatic nitrogens is 4. The van der Waals surface area contributed by atoms with Crippen LogP contribution in [0.3, 0.4) is 0 Å². The molecule has 0 aromatic carbocycles. The highest BCUT2D eigenvalue weighted by atomic mass is 79.9. The fourth-order valence-corrected chi connectivity index (χ4v) is 2.24. The minimum absolute atomic E-state index is 0.00966. The van der Waals surface area contributed by atoms with Gasteiger partial charge >= 0.3 is 0 Å². The number of rotatable bonds is 2. The Morgan fingerprint density at radius 3 is 2.56 bits per heavy atom. The van der Waals surface area contributed by atoms with E-state index in [0.29, 0.717) is 12.4 Å². The Hall–Kier alpha value is -1.30. The van der Waals surface area contributed by atoms with Crippen molar-refractivity contribution in [3.8, 4) is 0 Å². The minimum atomic E-state index is 0.00966. The molecule has 0 saturated heterocycles. The molecule has 2 aromatic rings. The van der Waals surface area contributed by atoms with Crippen molar-refractivity contribution in [1.29, 1.82) is 0 Å². The molecule has 2 aromatic heterocycles. The average molecular weight is 312 g/mol. The van der Waals surface area contributed by atoms with Crippen LogP contribution in [0.15, 0.2) is 16.9 Å². The Morgan fingerprint density at radius 1 is 1.39 bits per heavy atom. The fourth-order valence-electron chi connectivity index (χ4n) is 1.94. The first-order valence-electron chi connectivity index (χ1n) is 5.79. The van der Waals surface area contributed by atoms with E-state index in [2.05, 4.69) is 46.9 Å². The Morgan fingerprint density at radius 2 is 2.06 bits per heavy atom. The second-order valence-corrected chi connectivity index (χ2v) is 6.32. The van der Waals surface area contributed by atoms with Gasteiger partial charge in [0, 0.05) is 24.2 Å². The highest BCUT2D eigenvalue weighted by molar-refractivity contribution is 9.10. The number of halogens is 1. The van der Waals surface area contributed by atoms with Crippen LogP contribution in [0.4, 0.5) is 5.82 Å². The Labute approximate surface area is 115 Å². The molecule has 0 spiro atoms. The molecule has 2 rings (SSSR count). The van der Waals surface area contributed by atoms with E-state index in [1.54, 1.807) is 10.9 Å². The third-order valence-electron chi connectivity index (χ3n) is 2.77. The monoisotopic (exact) mass is 311 g/mol. The lowest BCUT2D eigenvalue weighted by atomic mass is 9.89. The third-order valence-corrected chi connectivity index (χ3v) is 3.38. The van der Waals surface area contributed by atoms with Gasteiger partial charge in [0.05, 0.1) is 22.9 Å². The average Bonchev–Trinajstić information content (AvgIpc) is 2.76. The van der Waals surface area contributed by atoms with E-state index >= 15 is 0 Å². The zero-order valence-electron chi connectivity index (χ0n) is 11.1. The molecular weight excluding hydrogens is 294 g/mol. The number of aryl methyl sites for hydroxylation is 1. The van der Waals surface area contributed by atoms with Gasteiger partial charge in [-0.15, -0.1) is 0 Å². The predicted molar refractivity (Wildman–Crippen MR) is 75.3 cm³/mol. The third kappa shape index (κ3) is 2.43. The van der Waals surface area contributed by atoms with Gasteiger partial charge in [-0.3, -0.25) is 4.68 Å². The molecule has 2 N–H and O–H groups in total. The van der Waals surface area contributed by atoms with E-state index < -0.39 is 0 Å². The summed E-state index contributed by atoms with van der Waals surface area (Å²) < 4.78 is 4.43. The molecule has 0 aliphatic carbocycles. The van der Waals surface area contributed by atoms with Gasteiger partial charge in [0.15, 0.2) is 0 Å². The van der Waals surface area contributed by atoms with Crippen molar-refractivity contribution in [3.05, 3.63) is 28.1 Å². The van der Waals surface area contributed by atoms with Crippen molar-refractivity contribution in [2.24, 2.45) is 7.05 Å². The van der Waals surface area contributed by atoms with E-state index in [9.17, 15) is 0 Å². The maximum Gasteiger partial charge on any atom is 0.136 e. The lowest BCUT2D eigenvalue weighted by molar-refractivity contribution is 0.543. The minimum Gasteiger partial charge on any atom is -0.383 e. The first-order valence-corrected chi connectivity index (χ1v) is 6.58. The smallest absolute Gasteiger partial charge is 0.136 e. The van der Waals surface area contributed by atoms with Crippen LogP contribution in [0.25, 0.3) is 0 Å². The van der Waals surface area contributed by atoms with Crippen LogP contribution < -0.4 is 5.73 Å². The van der Waals surface area contributed by atoms with Gasteiger partial charge in [0.1, 0.15) is 5.82 Å². The molecule has 0 bridgehead atoms. The first kappa shape index (κ1) is 13.1. The molecule has 0 unspecified atom stereocenters. The van der Waals surface area contributed by atoms with E-state index in [-0.39, 0.29) is 5.41 Å². The first-order chi connectivity index (χ1) is 8.29. The topological polar surface area (TPSA) is 61.7 Å². The van der Waals surface area contributed by atoms with Gasteiger partial charge in [-0.25, -0.2) is 4.68 Å². The van der Waals surface area contributed by atoms with Crippen molar-refractivity contribution in [2.45, 2.75) is 32.7 Å². The highest BCUT2D eigenvalue weighted by Gasteiger charge is 2.22. The molecule has 0 saturated carbocycles. The molecule has 5 nitrogen and oxygen atoms in total. The van der Waals surface area contributed by atoms with Gasteiger partial charge in [0.2, 0.25) is 0 Å². The zero-order valence-corrected chi connectivity index (χ0v) is 12.7. The summed E-state index contributed by atoms with van der Waals surface area (Å²) >= 11 is 3.36. The molecule has 0 radical (unpaired) electrons. The van der Waals surface area contributed by atoms with Crippen LogP contribution >= 0.6 is 15.9 Å². The Kier molecular flexibility index (Phi) is 3.23. The maximum absolute atomic E-state index is 5.94. The van der Waals surface area contributed by atoms with E-state index in [1.165, 1.54) is 0 Å². The molecule has 0 amide bonds. The largest absolute Gasteiger partial charge is 0.383 e. The SMILES string of the molecule is Cn1cc(Cn2ncc(Br)c2N)c(C(C)(C)C)n1. The van der Waals surface area contributed by atoms with Crippen LogP contribution in [0.2, 0.25) is 0 Å². The number of nitrogen functional groups attached to an aromatic ring is 1. The summed E-state index contributed by atoms with van der Waals surface area (Å²) in [6, 6.07) is 0. The van der Waals surface area contributed by atoms with Crippen LogP contribution in [-0.4, -0.2) is 19.6 Å². The van der Waals surface area contributed by atoms with Crippen LogP contribution in [0, 0.1) is 0 Å². The van der Waals surface area contributed by atoms with Gasteiger partial charge in [-0.1, -0.05) is 20.8 Å². The lowest BCUT2D eigenvalue weighted by Gasteiger charge is -2.17. The summed E-state index contributed by atoms with van der Waals surface area (Å²) in [7, 11) is 1.93. The van der Waals surface area contributed by atoms with E-state index in [4.69, 9.17) is 5.73 Å². The quantitative estimate of drug-likeness (QED) is 0.925. The molecule has 18 heavy (non-hydrogen) atoms. The standard InChI is InChI=1S/C12H18BrN5/c1-12(2,3)10-8(6-17(4)16-10)7-18-11(14)9(13)5-15-18/h5-6H,7,14H2,1-4H3. The lowest BCUT2D eigenvalue weighted by Crippen LogP contribution is -2.16. The molecule has 0 aliphatic heterocycles. The van der Waals surface area contributed by atoms with Crippen molar-refractivity contribution in [2.75, 3.05) is 5.73 Å². The van der Waals surface area contributed by atoms with E-state index in [1.807, 2.05) is 17.9 Å². The summed E-state index contributed by atoms with van der Waals surface area (Å²) in [5.74, 6) is 0.638. The summed E-state index contributed by atoms with van der Waals surface area (Å²) in [5, 5.41) is 8.79. The fraction of sp³-hybridized carbons (Fsp3) is 0.500. The Bertz CT molecular complexity index is 562. The Balaban J connectivity index is 2.38. The summed E-state index contributed by atoms with van der Waals surface area (Å²) in [5.41, 5.74) is 8.18. The summed E-state index contributed by atoms with van der Waals surface area (Å²) in [4.78, 5) is 0. The summed E-state index contributed by atoms with van der Waals surface area (Å²) in [6.07, 6.45) is 3.73. The summed E-state index contributed by atoms with van der Waals surface area (Å²) in [6.45, 7) is 7.10. The number of hydrogen-bond donors (Lipinski definition) is 1. The van der Waals surface area contributed by atoms with Crippen LogP contribution in [0.1, 0.15) is 32.0 Å². The van der Waals surface area contributed by atoms with Gasteiger partial charge < -0.3 is 5.73 Å². The molecule has 0 fully saturated rings. The van der Waals surface area contributed by atoms with E-state index in [0.717, 1.165) is 15.7 Å². The zero-order chi connectivity index (χ0) is 13.5. The van der Waals surface area contributed by atoms with Crippen molar-refractivity contribution in [3.63, 3.8) is 0 Å². The van der Waals surface area contributed by atoms with Crippen LogP contribution in [0.5, 0.6) is 0 Å². The molecule has 0 aliphatic rings. The van der Waals surface area contributed by atoms with Crippen LogP contribution in [-0.2, 0) is 19.0 Å². The number of nitrogens with zero attached hydrogens (tertiary/aromatic N) is 4.